The second-order valence-corrected chi connectivity index (χ2v) is 10.3. The van der Waals surface area contributed by atoms with E-state index >= 15 is 0 Å². The molecule has 152 valence electrons. The fourth-order valence-corrected chi connectivity index (χ4v) is 5.64. The highest BCUT2D eigenvalue weighted by atomic mass is 32.2. The van der Waals surface area contributed by atoms with E-state index in [1.165, 1.54) is 17.3 Å². The van der Waals surface area contributed by atoms with Crippen LogP contribution in [0.3, 0.4) is 0 Å². The maximum absolute atomic E-state index is 12.8. The van der Waals surface area contributed by atoms with E-state index in [-0.39, 0.29) is 29.2 Å². The summed E-state index contributed by atoms with van der Waals surface area (Å²) in [7, 11) is -3.03. The number of aryl methyl sites for hydroxylation is 1. The lowest BCUT2D eigenvalue weighted by molar-refractivity contribution is -0.130. The molecule has 0 spiro atoms. The number of sulfone groups is 1. The van der Waals surface area contributed by atoms with E-state index in [2.05, 4.69) is 22.1 Å². The summed E-state index contributed by atoms with van der Waals surface area (Å²) < 4.78 is 23.6. The molecule has 1 amide bonds. The molecule has 0 radical (unpaired) electrons. The zero-order chi connectivity index (χ0) is 20.1. The molecule has 2 aromatic rings. The number of unbranched alkanes of at least 4 members (excludes halogenated alkanes) is 1. The van der Waals surface area contributed by atoms with Crippen LogP contribution in [0.4, 0.5) is 0 Å². The standard InChI is InChI=1S/C19H26N4O3S2/c1-3-4-10-23(16-9-11-28(25,26)13-16)17(24)12-27-19-20-18(21-22-19)15-7-5-14(2)6-8-15/h5-8,16H,3-4,9-13H2,1-2H3,(H,20,21,22)/t16-/m1/s1. The Hall–Kier alpha value is -1.87. The molecule has 9 heteroatoms. The van der Waals surface area contributed by atoms with Gasteiger partial charge in [-0.05, 0) is 19.8 Å². The van der Waals surface area contributed by atoms with Crippen molar-refractivity contribution in [2.24, 2.45) is 0 Å². The van der Waals surface area contributed by atoms with Crippen LogP contribution in [-0.2, 0) is 14.6 Å². The Labute approximate surface area is 170 Å². The summed E-state index contributed by atoms with van der Waals surface area (Å²) >= 11 is 1.27. The fourth-order valence-electron chi connectivity index (χ4n) is 3.22. The van der Waals surface area contributed by atoms with Gasteiger partial charge in [-0.3, -0.25) is 9.89 Å². The van der Waals surface area contributed by atoms with Gasteiger partial charge in [-0.2, -0.15) is 0 Å². The Morgan fingerprint density at radius 2 is 2.07 bits per heavy atom. The normalized spacial score (nSPS) is 18.3. The first kappa shape index (κ1) is 20.9. The van der Waals surface area contributed by atoms with Crippen LogP contribution in [0.25, 0.3) is 11.4 Å². The zero-order valence-electron chi connectivity index (χ0n) is 16.2. The van der Waals surface area contributed by atoms with Crippen LogP contribution in [-0.4, -0.2) is 64.3 Å². The maximum atomic E-state index is 12.8. The average Bonchev–Trinajstić information content (AvgIpc) is 3.27. The molecule has 2 heterocycles. The van der Waals surface area contributed by atoms with Gasteiger partial charge in [0.25, 0.3) is 0 Å². The molecule has 1 fully saturated rings. The number of benzene rings is 1. The van der Waals surface area contributed by atoms with Crippen LogP contribution in [0.1, 0.15) is 31.7 Å². The Morgan fingerprint density at radius 3 is 2.71 bits per heavy atom. The number of rotatable bonds is 8. The van der Waals surface area contributed by atoms with E-state index in [1.54, 1.807) is 4.90 Å². The van der Waals surface area contributed by atoms with Crippen molar-refractivity contribution in [3.8, 4) is 11.4 Å². The molecule has 1 aromatic heterocycles. The van der Waals surface area contributed by atoms with Gasteiger partial charge in [-0.1, -0.05) is 54.9 Å². The first-order chi connectivity index (χ1) is 13.4. The number of aromatic nitrogens is 3. The molecule has 0 aliphatic carbocycles. The van der Waals surface area contributed by atoms with Gasteiger partial charge in [0.15, 0.2) is 15.7 Å². The lowest BCUT2D eigenvalue weighted by Gasteiger charge is -2.28. The molecule has 3 rings (SSSR count). The first-order valence-electron chi connectivity index (χ1n) is 9.50. The van der Waals surface area contributed by atoms with Crippen LogP contribution in [0, 0.1) is 6.92 Å². The highest BCUT2D eigenvalue weighted by Crippen LogP contribution is 2.23. The highest BCUT2D eigenvalue weighted by Gasteiger charge is 2.34. The molecule has 1 aromatic carbocycles. The van der Waals surface area contributed by atoms with E-state index in [1.807, 2.05) is 31.2 Å². The summed E-state index contributed by atoms with van der Waals surface area (Å²) in [5.74, 6) is 1.06. The molecular weight excluding hydrogens is 396 g/mol. The van der Waals surface area contributed by atoms with Crippen LogP contribution in [0.5, 0.6) is 0 Å². The molecular formula is C19H26N4O3S2. The van der Waals surface area contributed by atoms with Crippen molar-refractivity contribution in [3.63, 3.8) is 0 Å². The molecule has 1 aliphatic heterocycles. The molecule has 28 heavy (non-hydrogen) atoms. The van der Waals surface area contributed by atoms with Gasteiger partial charge in [-0.15, -0.1) is 5.10 Å². The summed E-state index contributed by atoms with van der Waals surface area (Å²) in [6.07, 6.45) is 2.35. The molecule has 1 N–H and O–H groups in total. The van der Waals surface area contributed by atoms with Gasteiger partial charge in [0.2, 0.25) is 11.1 Å². The minimum atomic E-state index is -3.03. The van der Waals surface area contributed by atoms with E-state index in [9.17, 15) is 13.2 Å². The first-order valence-corrected chi connectivity index (χ1v) is 12.3. The summed E-state index contributed by atoms with van der Waals surface area (Å²) in [5, 5.41) is 7.61. The Balaban J connectivity index is 1.62. The molecule has 0 unspecified atom stereocenters. The van der Waals surface area contributed by atoms with Gasteiger partial charge >= 0.3 is 0 Å². The second kappa shape index (κ2) is 9.09. The SMILES string of the molecule is CCCCN(C(=O)CSc1n[nH]c(-c2ccc(C)cc2)n1)[C@@H]1CCS(=O)(=O)C1. The lowest BCUT2D eigenvalue weighted by Crippen LogP contribution is -2.42. The summed E-state index contributed by atoms with van der Waals surface area (Å²) in [4.78, 5) is 19.0. The van der Waals surface area contributed by atoms with Crippen molar-refractivity contribution < 1.29 is 13.2 Å². The molecule has 0 saturated carbocycles. The smallest absolute Gasteiger partial charge is 0.233 e. The van der Waals surface area contributed by atoms with Crippen LogP contribution < -0.4 is 0 Å². The molecule has 7 nitrogen and oxygen atoms in total. The van der Waals surface area contributed by atoms with Crippen molar-refractivity contribution in [2.75, 3.05) is 23.8 Å². The number of hydrogen-bond donors (Lipinski definition) is 1. The number of nitrogens with one attached hydrogen (secondary N) is 1. The van der Waals surface area contributed by atoms with Gasteiger partial charge in [0.1, 0.15) is 0 Å². The molecule has 0 bridgehead atoms. The number of nitrogens with zero attached hydrogens (tertiary/aromatic N) is 3. The van der Waals surface area contributed by atoms with Gasteiger partial charge < -0.3 is 4.90 Å². The highest BCUT2D eigenvalue weighted by molar-refractivity contribution is 7.99. The third-order valence-corrected chi connectivity index (χ3v) is 7.42. The number of carbonyl (C=O) groups excluding carboxylic acids is 1. The number of H-pyrrole nitrogens is 1. The van der Waals surface area contributed by atoms with Crippen molar-refractivity contribution in [2.45, 2.75) is 44.3 Å². The van der Waals surface area contributed by atoms with E-state index in [0.717, 1.165) is 18.4 Å². The summed E-state index contributed by atoms with van der Waals surface area (Å²) in [5.41, 5.74) is 2.11. The van der Waals surface area contributed by atoms with E-state index < -0.39 is 9.84 Å². The Morgan fingerprint density at radius 1 is 1.32 bits per heavy atom. The second-order valence-electron chi connectivity index (χ2n) is 7.12. The number of amides is 1. The van der Waals surface area contributed by atoms with Crippen molar-refractivity contribution in [1.82, 2.24) is 20.1 Å². The van der Waals surface area contributed by atoms with Crippen LogP contribution in [0.2, 0.25) is 0 Å². The largest absolute Gasteiger partial charge is 0.338 e. The zero-order valence-corrected chi connectivity index (χ0v) is 17.9. The number of aromatic amines is 1. The Kier molecular flexibility index (Phi) is 6.77. The van der Waals surface area contributed by atoms with Crippen molar-refractivity contribution in [1.29, 1.82) is 0 Å². The summed E-state index contributed by atoms with van der Waals surface area (Å²) in [6.45, 7) is 4.68. The number of thioether (sulfide) groups is 1. The van der Waals surface area contributed by atoms with Gasteiger partial charge in [0.05, 0.1) is 17.3 Å². The quantitative estimate of drug-likeness (QED) is 0.657. The molecule has 1 aliphatic rings. The molecule has 1 saturated heterocycles. The van der Waals surface area contributed by atoms with Crippen molar-refractivity contribution >= 4 is 27.5 Å². The maximum Gasteiger partial charge on any atom is 0.233 e. The minimum absolute atomic E-state index is 0.0535. The number of hydrogen-bond acceptors (Lipinski definition) is 6. The van der Waals surface area contributed by atoms with E-state index in [0.29, 0.717) is 23.9 Å². The third-order valence-electron chi connectivity index (χ3n) is 4.84. The summed E-state index contributed by atoms with van der Waals surface area (Å²) in [6, 6.07) is 7.76. The van der Waals surface area contributed by atoms with Crippen molar-refractivity contribution in [3.05, 3.63) is 29.8 Å². The predicted octanol–water partition coefficient (Wildman–Crippen LogP) is 2.69. The topological polar surface area (TPSA) is 96.0 Å². The van der Waals surface area contributed by atoms with Crippen LogP contribution >= 0.6 is 11.8 Å². The van der Waals surface area contributed by atoms with Crippen LogP contribution in [0.15, 0.2) is 29.4 Å². The van der Waals surface area contributed by atoms with Gasteiger partial charge in [-0.25, -0.2) is 13.4 Å². The molecule has 1 atom stereocenters. The van der Waals surface area contributed by atoms with Gasteiger partial charge in [0, 0.05) is 18.2 Å². The number of carbonyl (C=O) groups is 1. The van der Waals surface area contributed by atoms with E-state index in [4.69, 9.17) is 0 Å². The predicted molar refractivity (Wildman–Crippen MR) is 111 cm³/mol. The lowest BCUT2D eigenvalue weighted by atomic mass is 10.1. The fraction of sp³-hybridized carbons (Fsp3) is 0.526. The Bertz CT molecular complexity index is 910. The third kappa shape index (κ3) is 5.35. The monoisotopic (exact) mass is 422 g/mol. The minimum Gasteiger partial charge on any atom is -0.338 e. The average molecular weight is 423 g/mol.